The zero-order valence-electron chi connectivity index (χ0n) is 18.9. The number of sulfonamides is 1. The number of rotatable bonds is 6. The largest absolute Gasteiger partial charge is 0.393 e. The van der Waals surface area contributed by atoms with E-state index in [-0.39, 0.29) is 23.3 Å². The number of thiophene rings is 1. The van der Waals surface area contributed by atoms with Crippen LogP contribution < -0.4 is 9.62 Å². The van der Waals surface area contributed by atoms with Gasteiger partial charge in [-0.2, -0.15) is 0 Å². The van der Waals surface area contributed by atoms with Gasteiger partial charge in [0.2, 0.25) is 5.91 Å². The molecule has 5 rings (SSSR count). The van der Waals surface area contributed by atoms with Crippen LogP contribution in [0.2, 0.25) is 0 Å². The topological polar surface area (TPSA) is 102 Å². The van der Waals surface area contributed by atoms with Gasteiger partial charge in [-0.05, 0) is 35.9 Å². The van der Waals surface area contributed by atoms with Crippen molar-refractivity contribution in [3.05, 3.63) is 41.3 Å². The second kappa shape index (κ2) is 9.52. The van der Waals surface area contributed by atoms with Crippen LogP contribution in [0.1, 0.15) is 24.8 Å². The molecule has 1 fully saturated rings. The van der Waals surface area contributed by atoms with E-state index in [9.17, 15) is 18.3 Å². The van der Waals surface area contributed by atoms with Crippen LogP contribution in [-0.4, -0.2) is 73.5 Å². The number of amides is 1. The summed E-state index contributed by atoms with van der Waals surface area (Å²) in [5.74, 6) is 0.131. The highest BCUT2D eigenvalue weighted by Crippen LogP contribution is 2.40. The number of carbonyl (C=O) groups excluding carboxylic acids is 1. The summed E-state index contributed by atoms with van der Waals surface area (Å²) < 4.78 is 27.8. The van der Waals surface area contributed by atoms with Crippen molar-refractivity contribution in [2.24, 2.45) is 4.99 Å². The third kappa shape index (κ3) is 4.58. The Kier molecular flexibility index (Phi) is 6.62. The van der Waals surface area contributed by atoms with E-state index in [4.69, 9.17) is 4.99 Å². The van der Waals surface area contributed by atoms with Crippen molar-refractivity contribution in [1.29, 1.82) is 0 Å². The van der Waals surface area contributed by atoms with Gasteiger partial charge in [0.15, 0.2) is 0 Å². The molecule has 1 saturated heterocycles. The van der Waals surface area contributed by atoms with Gasteiger partial charge in [0.25, 0.3) is 10.0 Å². The maximum atomic E-state index is 13.1. The van der Waals surface area contributed by atoms with Gasteiger partial charge in [0.1, 0.15) is 4.21 Å². The van der Waals surface area contributed by atoms with Gasteiger partial charge in [0, 0.05) is 38.2 Å². The summed E-state index contributed by atoms with van der Waals surface area (Å²) in [7, 11) is -2.04. The minimum atomic E-state index is -3.62. The molecule has 182 valence electrons. The van der Waals surface area contributed by atoms with E-state index in [2.05, 4.69) is 5.32 Å². The Morgan fingerprint density at radius 2 is 2.06 bits per heavy atom. The Bertz CT molecular complexity index is 1190. The summed E-state index contributed by atoms with van der Waals surface area (Å²) >= 11 is 2.86. The minimum Gasteiger partial charge on any atom is -0.393 e. The zero-order valence-corrected chi connectivity index (χ0v) is 21.3. The highest BCUT2D eigenvalue weighted by molar-refractivity contribution is 8.15. The SMILES string of the molecule is CN(c1cccc2c1NC(C1=NCC(CC(=O)N3CCC(O)CC3)S1)C2)S(=O)(=O)c1cccs1. The molecule has 11 heteroatoms. The number of benzene rings is 1. The smallest absolute Gasteiger partial charge is 0.273 e. The van der Waals surface area contributed by atoms with Crippen LogP contribution in [0, 0.1) is 0 Å². The normalized spacial score (nSPS) is 22.9. The lowest BCUT2D eigenvalue weighted by Crippen LogP contribution is -2.41. The summed E-state index contributed by atoms with van der Waals surface area (Å²) in [6, 6.07) is 9.06. The predicted molar refractivity (Wildman–Crippen MR) is 138 cm³/mol. The number of nitrogens with one attached hydrogen (secondary N) is 1. The maximum absolute atomic E-state index is 13.1. The minimum absolute atomic E-state index is 0.0239. The quantitative estimate of drug-likeness (QED) is 0.607. The number of hydrogen-bond donors (Lipinski definition) is 2. The van der Waals surface area contributed by atoms with E-state index in [0.29, 0.717) is 48.8 Å². The summed E-state index contributed by atoms with van der Waals surface area (Å²) in [6.45, 7) is 1.85. The van der Waals surface area contributed by atoms with E-state index in [1.807, 2.05) is 23.1 Å². The summed E-state index contributed by atoms with van der Waals surface area (Å²) in [6.07, 6.45) is 2.18. The second-order valence-electron chi connectivity index (χ2n) is 8.85. The van der Waals surface area contributed by atoms with Gasteiger partial charge >= 0.3 is 0 Å². The van der Waals surface area contributed by atoms with Crippen LogP contribution in [0.4, 0.5) is 11.4 Å². The maximum Gasteiger partial charge on any atom is 0.273 e. The molecule has 2 aromatic rings. The standard InChI is InChI=1S/C23H28N4O4S3/c1-26(34(30,31)21-6-3-11-32-21)19-5-2-4-15-12-18(25-22(15)19)23-24-14-17(33-23)13-20(29)27-9-7-16(28)8-10-27/h2-6,11,16-18,25,28H,7-10,12-14H2,1H3. The molecule has 0 saturated carbocycles. The van der Waals surface area contributed by atoms with Gasteiger partial charge in [-0.25, -0.2) is 8.42 Å². The molecule has 2 unspecified atom stereocenters. The average molecular weight is 521 g/mol. The molecule has 2 N–H and O–H groups in total. The average Bonchev–Trinajstić information content (AvgIpc) is 3.59. The zero-order chi connectivity index (χ0) is 23.9. The number of hydrogen-bond acceptors (Lipinski definition) is 8. The van der Waals surface area contributed by atoms with Crippen LogP contribution >= 0.6 is 23.1 Å². The number of aliphatic imine (C=N–C) groups is 1. The number of fused-ring (bicyclic) bond motifs is 1. The summed E-state index contributed by atoms with van der Waals surface area (Å²) in [5, 5.41) is 16.0. The fraction of sp³-hybridized carbons (Fsp3) is 0.478. The Balaban J connectivity index is 1.23. The molecule has 34 heavy (non-hydrogen) atoms. The highest BCUT2D eigenvalue weighted by Gasteiger charge is 2.35. The predicted octanol–water partition coefficient (Wildman–Crippen LogP) is 2.80. The molecular formula is C23H28N4O4S3. The molecule has 2 atom stereocenters. The highest BCUT2D eigenvalue weighted by atomic mass is 32.2. The molecule has 0 radical (unpaired) electrons. The first-order valence-corrected chi connectivity index (χ1v) is 14.6. The fourth-order valence-electron chi connectivity index (χ4n) is 4.63. The van der Waals surface area contributed by atoms with Crippen molar-refractivity contribution in [2.75, 3.05) is 36.3 Å². The van der Waals surface area contributed by atoms with Crippen molar-refractivity contribution in [3.8, 4) is 0 Å². The van der Waals surface area contributed by atoms with Crippen LogP contribution in [0.15, 0.2) is 44.9 Å². The molecule has 1 aromatic heterocycles. The molecule has 0 aliphatic carbocycles. The number of aliphatic hydroxyl groups excluding tert-OH is 1. The Morgan fingerprint density at radius 3 is 2.79 bits per heavy atom. The third-order valence-electron chi connectivity index (χ3n) is 6.58. The van der Waals surface area contributed by atoms with E-state index in [0.717, 1.165) is 22.7 Å². The van der Waals surface area contributed by atoms with Gasteiger partial charge in [-0.15, -0.1) is 23.1 Å². The van der Waals surface area contributed by atoms with Crippen molar-refractivity contribution in [1.82, 2.24) is 4.90 Å². The molecule has 4 heterocycles. The molecule has 0 bridgehead atoms. The molecule has 3 aliphatic heterocycles. The van der Waals surface area contributed by atoms with Crippen molar-refractivity contribution in [3.63, 3.8) is 0 Å². The first-order chi connectivity index (χ1) is 16.3. The number of aliphatic hydroxyl groups is 1. The molecule has 1 amide bonds. The van der Waals surface area contributed by atoms with E-state index in [1.165, 1.54) is 15.6 Å². The Morgan fingerprint density at radius 1 is 1.26 bits per heavy atom. The number of likely N-dealkylation sites (tertiary alicyclic amines) is 1. The lowest BCUT2D eigenvalue weighted by molar-refractivity contribution is -0.133. The number of anilines is 2. The van der Waals surface area contributed by atoms with Crippen LogP contribution in [0.3, 0.4) is 0 Å². The Labute approximate surface area is 208 Å². The molecule has 3 aliphatic rings. The van der Waals surface area contributed by atoms with Gasteiger partial charge in [-0.3, -0.25) is 14.1 Å². The van der Waals surface area contributed by atoms with E-state index < -0.39 is 10.0 Å². The fourth-order valence-corrected chi connectivity index (χ4v) is 8.17. The van der Waals surface area contributed by atoms with Crippen molar-refractivity contribution < 1.29 is 18.3 Å². The molecular weight excluding hydrogens is 492 g/mol. The molecule has 0 spiro atoms. The lowest BCUT2D eigenvalue weighted by atomic mass is 10.1. The number of nitrogens with zero attached hydrogens (tertiary/aromatic N) is 3. The monoisotopic (exact) mass is 520 g/mol. The van der Waals surface area contributed by atoms with Crippen molar-refractivity contribution >= 4 is 55.4 Å². The van der Waals surface area contributed by atoms with E-state index >= 15 is 0 Å². The molecule has 1 aromatic carbocycles. The van der Waals surface area contributed by atoms with Gasteiger partial charge in [-0.1, -0.05) is 18.2 Å². The second-order valence-corrected chi connectivity index (χ2v) is 13.3. The number of thioether (sulfide) groups is 1. The van der Waals surface area contributed by atoms with E-state index in [1.54, 1.807) is 36.3 Å². The lowest BCUT2D eigenvalue weighted by Gasteiger charge is -2.30. The summed E-state index contributed by atoms with van der Waals surface area (Å²) in [4.78, 5) is 19.3. The van der Waals surface area contributed by atoms with Crippen LogP contribution in [0.5, 0.6) is 0 Å². The Hall–Kier alpha value is -2.08. The van der Waals surface area contributed by atoms with Crippen molar-refractivity contribution in [2.45, 2.75) is 47.3 Å². The van der Waals surface area contributed by atoms with Crippen LogP contribution in [-0.2, 0) is 21.2 Å². The van der Waals surface area contributed by atoms with Crippen LogP contribution in [0.25, 0.3) is 0 Å². The number of carbonyl (C=O) groups is 1. The number of para-hydroxylation sites is 1. The molecule has 8 nitrogen and oxygen atoms in total. The van der Waals surface area contributed by atoms with Gasteiger partial charge < -0.3 is 15.3 Å². The summed E-state index contributed by atoms with van der Waals surface area (Å²) in [5.41, 5.74) is 2.51. The first kappa shape index (κ1) is 23.7. The third-order valence-corrected chi connectivity index (χ3v) is 11.0. The number of piperidine rings is 1. The van der Waals surface area contributed by atoms with Gasteiger partial charge in [0.05, 0.1) is 35.1 Å². The first-order valence-electron chi connectivity index (χ1n) is 11.4.